The largest absolute Gasteiger partial charge is 0.492 e. The van der Waals surface area contributed by atoms with Gasteiger partial charge in [-0.05, 0) is 19.1 Å². The molecule has 0 spiro atoms. The summed E-state index contributed by atoms with van der Waals surface area (Å²) < 4.78 is 6.34. The zero-order chi connectivity index (χ0) is 9.68. The van der Waals surface area contributed by atoms with Crippen molar-refractivity contribution >= 4 is 28.4 Å². The van der Waals surface area contributed by atoms with E-state index in [1.165, 1.54) is 0 Å². The van der Waals surface area contributed by atoms with Gasteiger partial charge in [-0.2, -0.15) is 0 Å². The van der Waals surface area contributed by atoms with E-state index in [9.17, 15) is 4.79 Å². The van der Waals surface area contributed by atoms with Gasteiger partial charge in [0.05, 0.1) is 12.2 Å². The highest BCUT2D eigenvalue weighted by Gasteiger charge is 2.05. The number of para-hydroxylation sites is 1. The number of benzene rings is 1. The number of hydrogen-bond acceptors (Lipinski definition) is 2. The summed E-state index contributed by atoms with van der Waals surface area (Å²) in [6, 6.07) is 7.32. The number of hydrogen-bond donors (Lipinski definition) is 0. The van der Waals surface area contributed by atoms with Gasteiger partial charge in [0.2, 0.25) is 0 Å². The molecule has 0 N–H and O–H groups in total. The fraction of sp³-hybridized carbons (Fsp3) is 0.300. The zero-order valence-corrected chi connectivity index (χ0v) is 9.58. The average molecular weight is 290 g/mol. The van der Waals surface area contributed by atoms with Gasteiger partial charge >= 0.3 is 0 Å². The lowest BCUT2D eigenvalue weighted by Crippen LogP contribution is -2.02. The maximum absolute atomic E-state index is 11.1. The molecular weight excluding hydrogens is 279 g/mol. The fourth-order valence-corrected chi connectivity index (χ4v) is 1.25. The Morgan fingerprint density at radius 3 is 2.77 bits per heavy atom. The van der Waals surface area contributed by atoms with E-state index in [1.807, 2.05) is 18.2 Å². The van der Waals surface area contributed by atoms with Crippen LogP contribution in [0.1, 0.15) is 17.3 Å². The summed E-state index contributed by atoms with van der Waals surface area (Å²) >= 11 is 2.23. The molecule has 0 fully saturated rings. The molecule has 0 aliphatic carbocycles. The van der Waals surface area contributed by atoms with Gasteiger partial charge in [-0.3, -0.25) is 4.79 Å². The van der Waals surface area contributed by atoms with Crippen LogP contribution < -0.4 is 4.74 Å². The number of halogens is 1. The van der Waals surface area contributed by atoms with Crippen LogP contribution in [0, 0.1) is 0 Å². The minimum absolute atomic E-state index is 0.0454. The monoisotopic (exact) mass is 290 g/mol. The fourth-order valence-electron chi connectivity index (χ4n) is 1.03. The second-order valence-electron chi connectivity index (χ2n) is 2.59. The van der Waals surface area contributed by atoms with Crippen LogP contribution in [0.3, 0.4) is 0 Å². The standard InChI is InChI=1S/C10H11IO2/c1-8(12)9-4-2-3-5-10(9)13-7-6-11/h2-5H,6-7H2,1H3. The molecule has 0 unspecified atom stereocenters. The Bertz CT molecular complexity index is 297. The van der Waals surface area contributed by atoms with Crippen LogP contribution in [0.2, 0.25) is 0 Å². The molecule has 3 heteroatoms. The minimum Gasteiger partial charge on any atom is -0.492 e. The van der Waals surface area contributed by atoms with Crippen molar-refractivity contribution in [2.45, 2.75) is 6.92 Å². The summed E-state index contributed by atoms with van der Waals surface area (Å²) in [5.41, 5.74) is 0.660. The number of Topliss-reactive ketones (excluding diaryl/α,β-unsaturated/α-hetero) is 1. The molecule has 0 aromatic heterocycles. The summed E-state index contributed by atoms with van der Waals surface area (Å²) in [7, 11) is 0. The Labute approximate surface area is 91.4 Å². The summed E-state index contributed by atoms with van der Waals surface area (Å²) in [5.74, 6) is 0.732. The number of rotatable bonds is 4. The Morgan fingerprint density at radius 2 is 2.15 bits per heavy atom. The lowest BCUT2D eigenvalue weighted by Gasteiger charge is -2.07. The molecule has 2 nitrogen and oxygen atoms in total. The van der Waals surface area contributed by atoms with E-state index in [1.54, 1.807) is 13.0 Å². The third kappa shape index (κ3) is 2.99. The van der Waals surface area contributed by atoms with Gasteiger partial charge in [0.1, 0.15) is 5.75 Å². The molecule has 1 aromatic rings. The van der Waals surface area contributed by atoms with Crippen molar-refractivity contribution in [3.05, 3.63) is 29.8 Å². The molecule has 70 valence electrons. The smallest absolute Gasteiger partial charge is 0.163 e. The van der Waals surface area contributed by atoms with Crippen molar-refractivity contribution in [1.29, 1.82) is 0 Å². The number of ether oxygens (including phenoxy) is 1. The van der Waals surface area contributed by atoms with E-state index in [0.29, 0.717) is 17.9 Å². The van der Waals surface area contributed by atoms with Gasteiger partial charge in [0, 0.05) is 4.43 Å². The molecule has 13 heavy (non-hydrogen) atoms. The molecule has 0 saturated carbocycles. The molecule has 0 amide bonds. The predicted octanol–water partition coefficient (Wildman–Crippen LogP) is 2.70. The van der Waals surface area contributed by atoms with Gasteiger partial charge in [0.15, 0.2) is 5.78 Å². The van der Waals surface area contributed by atoms with E-state index in [-0.39, 0.29) is 5.78 Å². The minimum atomic E-state index is 0.0454. The summed E-state index contributed by atoms with van der Waals surface area (Å²) in [6.07, 6.45) is 0. The molecule has 0 saturated heterocycles. The summed E-state index contributed by atoms with van der Waals surface area (Å²) in [6.45, 7) is 2.19. The molecule has 0 aliphatic rings. The molecule has 0 bridgehead atoms. The topological polar surface area (TPSA) is 26.3 Å². The van der Waals surface area contributed by atoms with Gasteiger partial charge in [0.25, 0.3) is 0 Å². The lowest BCUT2D eigenvalue weighted by molar-refractivity contribution is 0.101. The number of carbonyl (C=O) groups is 1. The maximum atomic E-state index is 11.1. The van der Waals surface area contributed by atoms with Crippen molar-refractivity contribution in [1.82, 2.24) is 0 Å². The van der Waals surface area contributed by atoms with Crippen LogP contribution in [0.5, 0.6) is 5.75 Å². The first-order valence-electron chi connectivity index (χ1n) is 4.04. The molecule has 0 radical (unpaired) electrons. The Hall–Kier alpha value is -0.580. The van der Waals surface area contributed by atoms with Crippen LogP contribution in [0.25, 0.3) is 0 Å². The first-order chi connectivity index (χ1) is 6.25. The average Bonchev–Trinajstić information content (AvgIpc) is 2.15. The van der Waals surface area contributed by atoms with E-state index in [2.05, 4.69) is 22.6 Å². The predicted molar refractivity (Wildman–Crippen MR) is 60.8 cm³/mol. The quantitative estimate of drug-likeness (QED) is 0.484. The van der Waals surface area contributed by atoms with Crippen LogP contribution >= 0.6 is 22.6 Å². The lowest BCUT2D eigenvalue weighted by atomic mass is 10.1. The second-order valence-corrected chi connectivity index (χ2v) is 3.67. The van der Waals surface area contributed by atoms with E-state index < -0.39 is 0 Å². The van der Waals surface area contributed by atoms with E-state index in [0.717, 1.165) is 4.43 Å². The molecule has 0 heterocycles. The summed E-state index contributed by atoms with van der Waals surface area (Å²) in [5, 5.41) is 0. The highest BCUT2D eigenvalue weighted by Crippen LogP contribution is 2.18. The third-order valence-electron chi connectivity index (χ3n) is 1.60. The second kappa shape index (κ2) is 5.21. The Morgan fingerprint density at radius 1 is 1.46 bits per heavy atom. The zero-order valence-electron chi connectivity index (χ0n) is 7.42. The van der Waals surface area contributed by atoms with Crippen molar-refractivity contribution in [2.75, 3.05) is 11.0 Å². The van der Waals surface area contributed by atoms with Crippen molar-refractivity contribution in [2.24, 2.45) is 0 Å². The van der Waals surface area contributed by atoms with Crippen molar-refractivity contribution in [3.8, 4) is 5.75 Å². The van der Waals surface area contributed by atoms with Crippen LogP contribution in [-0.4, -0.2) is 16.8 Å². The Balaban J connectivity index is 2.84. The number of ketones is 1. The third-order valence-corrected chi connectivity index (χ3v) is 2.04. The van der Waals surface area contributed by atoms with Gasteiger partial charge in [-0.1, -0.05) is 34.7 Å². The Kier molecular flexibility index (Phi) is 4.21. The highest BCUT2D eigenvalue weighted by molar-refractivity contribution is 14.1. The maximum Gasteiger partial charge on any atom is 0.163 e. The van der Waals surface area contributed by atoms with E-state index in [4.69, 9.17) is 4.74 Å². The van der Waals surface area contributed by atoms with E-state index >= 15 is 0 Å². The number of carbonyl (C=O) groups excluding carboxylic acids is 1. The van der Waals surface area contributed by atoms with Crippen LogP contribution in [-0.2, 0) is 0 Å². The first-order valence-corrected chi connectivity index (χ1v) is 5.57. The molecule has 1 aromatic carbocycles. The van der Waals surface area contributed by atoms with Crippen LogP contribution in [0.15, 0.2) is 24.3 Å². The molecule has 0 aliphatic heterocycles. The highest BCUT2D eigenvalue weighted by atomic mass is 127. The summed E-state index contributed by atoms with van der Waals surface area (Å²) in [4.78, 5) is 11.1. The van der Waals surface area contributed by atoms with Crippen LogP contribution in [0.4, 0.5) is 0 Å². The van der Waals surface area contributed by atoms with Gasteiger partial charge in [-0.25, -0.2) is 0 Å². The van der Waals surface area contributed by atoms with Gasteiger partial charge < -0.3 is 4.74 Å². The molecule has 0 atom stereocenters. The first kappa shape index (κ1) is 10.5. The molecule has 1 rings (SSSR count). The SMILES string of the molecule is CC(=O)c1ccccc1OCCI. The van der Waals surface area contributed by atoms with Gasteiger partial charge in [-0.15, -0.1) is 0 Å². The van der Waals surface area contributed by atoms with Crippen molar-refractivity contribution < 1.29 is 9.53 Å². The van der Waals surface area contributed by atoms with Crippen molar-refractivity contribution in [3.63, 3.8) is 0 Å². The molecular formula is C10H11IO2. The normalized spacial score (nSPS) is 9.69. The number of alkyl halides is 1.